The maximum Gasteiger partial charge on any atom is 0.267 e. The Hall–Kier alpha value is -2.99. The van der Waals surface area contributed by atoms with Gasteiger partial charge in [0.1, 0.15) is 21.5 Å². The number of aryl methyl sites for hydroxylation is 1. The monoisotopic (exact) mass is 511 g/mol. The molecule has 0 saturated carbocycles. The summed E-state index contributed by atoms with van der Waals surface area (Å²) < 4.78 is 7.32. The second kappa shape index (κ2) is 9.94. The first-order valence-corrected chi connectivity index (χ1v) is 12.6. The lowest BCUT2D eigenvalue weighted by atomic mass is 10.2. The molecule has 9 nitrogen and oxygen atoms in total. The van der Waals surface area contributed by atoms with Crippen molar-refractivity contribution in [1.29, 1.82) is 0 Å². The summed E-state index contributed by atoms with van der Waals surface area (Å²) in [7, 11) is 0. The van der Waals surface area contributed by atoms with Crippen molar-refractivity contribution >= 4 is 51.7 Å². The van der Waals surface area contributed by atoms with Crippen LogP contribution in [0.25, 0.3) is 11.7 Å². The van der Waals surface area contributed by atoms with Gasteiger partial charge in [-0.2, -0.15) is 0 Å². The number of nitrogens with zero attached hydrogens (tertiary/aromatic N) is 5. The Morgan fingerprint density at radius 3 is 2.71 bits per heavy atom. The summed E-state index contributed by atoms with van der Waals surface area (Å²) >= 11 is 6.63. The number of aromatic nitrogens is 2. The van der Waals surface area contributed by atoms with E-state index in [-0.39, 0.29) is 24.6 Å². The number of thiocarbonyl (C=S) groups is 1. The number of pyridine rings is 1. The molecule has 0 bridgehead atoms. The molecule has 1 amide bonds. The first-order valence-electron chi connectivity index (χ1n) is 11.3. The van der Waals surface area contributed by atoms with Gasteiger partial charge in [-0.05, 0) is 36.8 Å². The number of carbonyl (C=O) groups is 1. The van der Waals surface area contributed by atoms with Gasteiger partial charge < -0.3 is 14.4 Å². The quantitative estimate of drug-likeness (QED) is 0.394. The second-order valence-corrected chi connectivity index (χ2v) is 10.2. The number of hydrogen-bond donors (Lipinski definition) is 1. The van der Waals surface area contributed by atoms with Gasteiger partial charge in [0.05, 0.1) is 29.9 Å². The number of furan rings is 1. The maximum absolute atomic E-state index is 13.7. The molecule has 0 radical (unpaired) electrons. The molecule has 0 aliphatic carbocycles. The predicted octanol–water partition coefficient (Wildman–Crippen LogP) is 2.11. The van der Waals surface area contributed by atoms with Crippen LogP contribution in [0.3, 0.4) is 0 Å². The Labute approximate surface area is 211 Å². The minimum atomic E-state index is -0.260. The molecule has 3 aromatic rings. The zero-order valence-electron chi connectivity index (χ0n) is 19.2. The van der Waals surface area contributed by atoms with Gasteiger partial charge in [0.25, 0.3) is 11.5 Å². The number of anilines is 1. The third-order valence-electron chi connectivity index (χ3n) is 6.12. The van der Waals surface area contributed by atoms with E-state index in [1.165, 1.54) is 21.1 Å². The third-order valence-corrected chi connectivity index (χ3v) is 7.49. The molecule has 2 fully saturated rings. The number of rotatable bonds is 6. The van der Waals surface area contributed by atoms with Crippen LogP contribution >= 0.6 is 24.0 Å². The molecule has 182 valence electrons. The highest BCUT2D eigenvalue weighted by Crippen LogP contribution is 2.34. The highest BCUT2D eigenvalue weighted by molar-refractivity contribution is 8.26. The van der Waals surface area contributed by atoms with Crippen LogP contribution in [-0.2, 0) is 11.3 Å². The molecular formula is C24H25N5O4S2. The van der Waals surface area contributed by atoms with Gasteiger partial charge in [-0.25, -0.2) is 4.98 Å². The van der Waals surface area contributed by atoms with Gasteiger partial charge in [0.15, 0.2) is 0 Å². The van der Waals surface area contributed by atoms with Crippen LogP contribution in [0.1, 0.15) is 16.9 Å². The van der Waals surface area contributed by atoms with Gasteiger partial charge in [0, 0.05) is 38.9 Å². The normalized spacial score (nSPS) is 18.4. The van der Waals surface area contributed by atoms with Gasteiger partial charge in [-0.1, -0.05) is 30.0 Å². The zero-order valence-corrected chi connectivity index (χ0v) is 20.8. The molecule has 0 atom stereocenters. The van der Waals surface area contributed by atoms with E-state index in [0.29, 0.717) is 51.6 Å². The summed E-state index contributed by atoms with van der Waals surface area (Å²) in [5, 5.41) is 9.26. The van der Waals surface area contributed by atoms with Crippen molar-refractivity contribution in [3.05, 3.63) is 68.9 Å². The van der Waals surface area contributed by atoms with Gasteiger partial charge in [-0.3, -0.25) is 23.8 Å². The lowest BCUT2D eigenvalue weighted by Crippen LogP contribution is -2.48. The fourth-order valence-electron chi connectivity index (χ4n) is 4.26. The second-order valence-electron chi connectivity index (χ2n) is 8.49. The first-order chi connectivity index (χ1) is 16.9. The van der Waals surface area contributed by atoms with Gasteiger partial charge in [-0.15, -0.1) is 0 Å². The average molecular weight is 512 g/mol. The van der Waals surface area contributed by atoms with Crippen LogP contribution < -0.4 is 10.5 Å². The lowest BCUT2D eigenvalue weighted by Gasteiger charge is -2.35. The van der Waals surface area contributed by atoms with Gasteiger partial charge >= 0.3 is 0 Å². The molecule has 35 heavy (non-hydrogen) atoms. The van der Waals surface area contributed by atoms with Crippen molar-refractivity contribution in [3.63, 3.8) is 0 Å². The maximum atomic E-state index is 13.7. The smallest absolute Gasteiger partial charge is 0.267 e. The topological polar surface area (TPSA) is 94.5 Å². The minimum Gasteiger partial charge on any atom is -0.467 e. The highest BCUT2D eigenvalue weighted by Gasteiger charge is 2.33. The molecule has 2 aliphatic rings. The van der Waals surface area contributed by atoms with Crippen LogP contribution in [0.2, 0.25) is 0 Å². The van der Waals surface area contributed by atoms with E-state index in [4.69, 9.17) is 21.6 Å². The number of thioether (sulfide) groups is 1. The molecule has 5 rings (SSSR count). The number of aliphatic hydroxyl groups excluding tert-OH is 1. The Bertz CT molecular complexity index is 1360. The number of hydrogen-bond acceptors (Lipinski definition) is 9. The Kier molecular flexibility index (Phi) is 6.74. The van der Waals surface area contributed by atoms with E-state index in [9.17, 15) is 14.7 Å². The minimum absolute atomic E-state index is 0.111. The number of carbonyl (C=O) groups excluding carboxylic acids is 1. The molecular weight excluding hydrogens is 486 g/mol. The van der Waals surface area contributed by atoms with Crippen molar-refractivity contribution in [2.75, 3.05) is 44.2 Å². The molecule has 0 spiro atoms. The van der Waals surface area contributed by atoms with Crippen LogP contribution in [0.4, 0.5) is 5.82 Å². The lowest BCUT2D eigenvalue weighted by molar-refractivity contribution is -0.122. The van der Waals surface area contributed by atoms with Crippen molar-refractivity contribution in [1.82, 2.24) is 19.2 Å². The summed E-state index contributed by atoms with van der Waals surface area (Å²) in [5.41, 5.74) is 1.61. The molecule has 5 heterocycles. The van der Waals surface area contributed by atoms with Crippen molar-refractivity contribution in [2.24, 2.45) is 0 Å². The van der Waals surface area contributed by atoms with Gasteiger partial charge in [0.2, 0.25) is 0 Å². The van der Waals surface area contributed by atoms with E-state index in [2.05, 4.69) is 9.80 Å². The fourth-order valence-corrected chi connectivity index (χ4v) is 5.50. The van der Waals surface area contributed by atoms with E-state index in [1.807, 2.05) is 19.1 Å². The Morgan fingerprint density at radius 2 is 2.00 bits per heavy atom. The summed E-state index contributed by atoms with van der Waals surface area (Å²) in [6.45, 7) is 5.71. The molecule has 1 N–H and O–H groups in total. The molecule has 2 aliphatic heterocycles. The van der Waals surface area contributed by atoms with Crippen molar-refractivity contribution in [3.8, 4) is 0 Å². The largest absolute Gasteiger partial charge is 0.467 e. The first kappa shape index (κ1) is 23.7. The van der Waals surface area contributed by atoms with E-state index >= 15 is 0 Å². The van der Waals surface area contributed by atoms with Crippen LogP contribution in [0.15, 0.2) is 50.8 Å². The number of fused-ring (bicyclic) bond motifs is 1. The van der Waals surface area contributed by atoms with Crippen molar-refractivity contribution in [2.45, 2.75) is 13.5 Å². The number of amides is 1. The molecule has 11 heteroatoms. The SMILES string of the molecule is Cc1ccc2nc(N3CCN(CCO)CC3)c(C=C3SC(=S)N(Cc4ccco4)C3=O)c(=O)n2c1. The van der Waals surface area contributed by atoms with E-state index in [1.54, 1.807) is 30.7 Å². The molecule has 0 aromatic carbocycles. The zero-order chi connectivity index (χ0) is 24.5. The number of piperazine rings is 1. The van der Waals surface area contributed by atoms with Crippen LogP contribution in [0, 0.1) is 6.92 Å². The average Bonchev–Trinajstić information content (AvgIpc) is 3.46. The summed E-state index contributed by atoms with van der Waals surface area (Å²) in [5.74, 6) is 0.926. The molecule has 3 aromatic heterocycles. The molecule has 0 unspecified atom stereocenters. The van der Waals surface area contributed by atoms with Crippen LogP contribution in [-0.4, -0.2) is 73.8 Å². The summed E-state index contributed by atoms with van der Waals surface area (Å²) in [4.78, 5) is 37.8. The standard InChI is InChI=1S/C24H25N5O4S2/c1-16-4-5-20-25-21(27-8-6-26(7-9-27)10-11-30)18(22(31)28(20)14-16)13-19-23(32)29(24(34)35-19)15-17-3-2-12-33-17/h2-5,12-14,30H,6-11,15H2,1H3. The summed E-state index contributed by atoms with van der Waals surface area (Å²) in [6, 6.07) is 7.30. The van der Waals surface area contributed by atoms with E-state index < -0.39 is 0 Å². The third kappa shape index (κ3) is 4.76. The summed E-state index contributed by atoms with van der Waals surface area (Å²) in [6.07, 6.45) is 4.94. The van der Waals surface area contributed by atoms with Crippen molar-refractivity contribution < 1.29 is 14.3 Å². The Morgan fingerprint density at radius 1 is 1.20 bits per heavy atom. The van der Waals surface area contributed by atoms with Crippen LogP contribution in [0.5, 0.6) is 0 Å². The Balaban J connectivity index is 1.54. The van der Waals surface area contributed by atoms with E-state index in [0.717, 1.165) is 18.7 Å². The molecule has 2 saturated heterocycles. The predicted molar refractivity (Wildman–Crippen MR) is 139 cm³/mol. The fraction of sp³-hybridized carbons (Fsp3) is 0.333. The number of aliphatic hydroxyl groups is 1. The number of β-amino-alcohol motifs (C(OH)–C–C–N with tert-alkyl or cyclic N) is 1. The highest BCUT2D eigenvalue weighted by atomic mass is 32.2.